The van der Waals surface area contributed by atoms with E-state index in [1.807, 2.05) is 18.5 Å². The van der Waals surface area contributed by atoms with Crippen LogP contribution in [0, 0.1) is 13.8 Å². The summed E-state index contributed by atoms with van der Waals surface area (Å²) in [6, 6.07) is 7.29. The molecule has 1 heterocycles. The topological polar surface area (TPSA) is 54.2 Å². The van der Waals surface area contributed by atoms with Gasteiger partial charge in [0, 0.05) is 32.4 Å². The average molecular weight is 509 g/mol. The number of benzene rings is 1. The minimum absolute atomic E-state index is 0. The van der Waals surface area contributed by atoms with Gasteiger partial charge in [-0.2, -0.15) is 18.3 Å². The molecule has 0 aliphatic rings. The van der Waals surface area contributed by atoms with Crippen molar-refractivity contribution >= 4 is 29.9 Å². The summed E-state index contributed by atoms with van der Waals surface area (Å²) in [5, 5.41) is 10.8. The number of hydrogen-bond acceptors (Lipinski definition) is 2. The predicted octanol–water partition coefficient (Wildman–Crippen LogP) is 3.93. The van der Waals surface area contributed by atoms with Gasteiger partial charge in [0.05, 0.1) is 11.3 Å². The Hall–Kier alpha value is -1.78. The molecule has 0 spiro atoms. The van der Waals surface area contributed by atoms with E-state index in [-0.39, 0.29) is 24.0 Å². The second-order valence-corrected chi connectivity index (χ2v) is 6.37. The number of aromatic nitrogens is 2. The SMILES string of the molecule is CN=C(NCCCn1nc(C)cc1C)NCCc1ccc(C(F)(F)F)cc1.I. The molecule has 0 amide bonds. The van der Waals surface area contributed by atoms with Crippen LogP contribution in [0.1, 0.15) is 28.9 Å². The molecule has 0 fully saturated rings. The van der Waals surface area contributed by atoms with Gasteiger partial charge < -0.3 is 10.6 Å². The van der Waals surface area contributed by atoms with Crippen molar-refractivity contribution in [1.29, 1.82) is 0 Å². The van der Waals surface area contributed by atoms with Crippen LogP contribution in [0.25, 0.3) is 0 Å². The van der Waals surface area contributed by atoms with E-state index in [0.29, 0.717) is 18.9 Å². The fourth-order valence-electron chi connectivity index (χ4n) is 2.74. The minimum atomic E-state index is -4.30. The lowest BCUT2D eigenvalue weighted by Crippen LogP contribution is -2.39. The van der Waals surface area contributed by atoms with E-state index >= 15 is 0 Å². The minimum Gasteiger partial charge on any atom is -0.356 e. The number of aryl methyl sites for hydroxylation is 3. The maximum Gasteiger partial charge on any atom is 0.416 e. The fourth-order valence-corrected chi connectivity index (χ4v) is 2.74. The first-order valence-electron chi connectivity index (χ1n) is 8.91. The third kappa shape index (κ3) is 7.69. The highest BCUT2D eigenvalue weighted by Crippen LogP contribution is 2.29. The van der Waals surface area contributed by atoms with Crippen molar-refractivity contribution in [2.75, 3.05) is 20.1 Å². The van der Waals surface area contributed by atoms with Crippen LogP contribution in [-0.4, -0.2) is 35.9 Å². The maximum absolute atomic E-state index is 12.6. The number of aliphatic imine (C=N–C) groups is 1. The Labute approximate surface area is 180 Å². The molecule has 0 unspecified atom stereocenters. The van der Waals surface area contributed by atoms with Crippen LogP contribution in [0.5, 0.6) is 0 Å². The quantitative estimate of drug-likeness (QED) is 0.258. The molecule has 28 heavy (non-hydrogen) atoms. The lowest BCUT2D eigenvalue weighted by Gasteiger charge is -2.12. The Morgan fingerprint density at radius 1 is 1.11 bits per heavy atom. The third-order valence-electron chi connectivity index (χ3n) is 4.15. The van der Waals surface area contributed by atoms with Gasteiger partial charge in [-0.1, -0.05) is 12.1 Å². The number of alkyl halides is 3. The van der Waals surface area contributed by atoms with Crippen LogP contribution in [-0.2, 0) is 19.1 Å². The molecular formula is C19H27F3IN5. The lowest BCUT2D eigenvalue weighted by molar-refractivity contribution is -0.137. The van der Waals surface area contributed by atoms with Crippen LogP contribution in [0.15, 0.2) is 35.3 Å². The van der Waals surface area contributed by atoms with Gasteiger partial charge in [-0.3, -0.25) is 9.67 Å². The monoisotopic (exact) mass is 509 g/mol. The molecule has 2 aromatic rings. The Morgan fingerprint density at radius 2 is 1.75 bits per heavy atom. The molecule has 2 rings (SSSR count). The van der Waals surface area contributed by atoms with E-state index in [4.69, 9.17) is 0 Å². The molecule has 156 valence electrons. The average Bonchev–Trinajstić information content (AvgIpc) is 2.94. The zero-order valence-corrected chi connectivity index (χ0v) is 18.6. The van der Waals surface area contributed by atoms with Crippen LogP contribution in [0.3, 0.4) is 0 Å². The molecule has 0 bridgehead atoms. The van der Waals surface area contributed by atoms with Crippen molar-refractivity contribution in [1.82, 2.24) is 20.4 Å². The molecule has 0 aliphatic heterocycles. The van der Waals surface area contributed by atoms with Crippen LogP contribution >= 0.6 is 24.0 Å². The highest BCUT2D eigenvalue weighted by Gasteiger charge is 2.29. The first kappa shape index (κ1) is 24.3. The molecule has 0 atom stereocenters. The summed E-state index contributed by atoms with van der Waals surface area (Å²) in [4.78, 5) is 4.16. The molecule has 9 heteroatoms. The van der Waals surface area contributed by atoms with Crippen molar-refractivity contribution in [3.8, 4) is 0 Å². The zero-order chi connectivity index (χ0) is 19.9. The number of nitrogens with zero attached hydrogens (tertiary/aromatic N) is 3. The van der Waals surface area contributed by atoms with E-state index in [1.54, 1.807) is 7.05 Å². The lowest BCUT2D eigenvalue weighted by atomic mass is 10.1. The van der Waals surface area contributed by atoms with E-state index < -0.39 is 11.7 Å². The fraction of sp³-hybridized carbons (Fsp3) is 0.474. The smallest absolute Gasteiger partial charge is 0.356 e. The molecule has 1 aromatic heterocycles. The molecule has 1 aromatic carbocycles. The maximum atomic E-state index is 12.6. The van der Waals surface area contributed by atoms with E-state index in [2.05, 4.69) is 26.8 Å². The Bertz CT molecular complexity index is 754. The molecule has 0 radical (unpaired) electrons. The molecule has 0 saturated heterocycles. The number of guanidine groups is 1. The Kier molecular flexibility index (Phi) is 9.77. The van der Waals surface area contributed by atoms with Crippen molar-refractivity contribution in [2.24, 2.45) is 4.99 Å². The number of hydrogen-bond donors (Lipinski definition) is 2. The summed E-state index contributed by atoms with van der Waals surface area (Å²) in [7, 11) is 1.69. The standard InChI is InChI=1S/C19H26F3N5.HI/c1-14-13-15(2)27(26-14)12-4-10-24-18(23-3)25-11-9-16-5-7-17(8-6-16)19(20,21)22;/h5-8,13H,4,9-12H2,1-3H3,(H2,23,24,25);1H. The van der Waals surface area contributed by atoms with Crippen molar-refractivity contribution in [3.63, 3.8) is 0 Å². The van der Waals surface area contributed by atoms with Gasteiger partial charge in [-0.15, -0.1) is 24.0 Å². The third-order valence-corrected chi connectivity index (χ3v) is 4.15. The van der Waals surface area contributed by atoms with Crippen LogP contribution in [0.2, 0.25) is 0 Å². The summed E-state index contributed by atoms with van der Waals surface area (Å²) in [6.07, 6.45) is -2.78. The second-order valence-electron chi connectivity index (χ2n) is 6.37. The van der Waals surface area contributed by atoms with Crippen LogP contribution < -0.4 is 10.6 Å². The van der Waals surface area contributed by atoms with E-state index in [0.717, 1.165) is 48.6 Å². The van der Waals surface area contributed by atoms with E-state index in [9.17, 15) is 13.2 Å². The molecule has 2 N–H and O–H groups in total. The van der Waals surface area contributed by atoms with Gasteiger partial charge in [-0.25, -0.2) is 0 Å². The Balaban J connectivity index is 0.00000392. The highest BCUT2D eigenvalue weighted by atomic mass is 127. The summed E-state index contributed by atoms with van der Waals surface area (Å²) < 4.78 is 39.7. The number of halogens is 4. The van der Waals surface area contributed by atoms with Crippen molar-refractivity contribution in [2.45, 2.75) is 39.4 Å². The van der Waals surface area contributed by atoms with Crippen molar-refractivity contribution < 1.29 is 13.2 Å². The van der Waals surface area contributed by atoms with E-state index in [1.165, 1.54) is 12.1 Å². The van der Waals surface area contributed by atoms with Gasteiger partial charge in [0.15, 0.2) is 5.96 Å². The normalized spacial score (nSPS) is 11.9. The highest BCUT2D eigenvalue weighted by molar-refractivity contribution is 14.0. The summed E-state index contributed by atoms with van der Waals surface area (Å²) >= 11 is 0. The Morgan fingerprint density at radius 3 is 2.29 bits per heavy atom. The van der Waals surface area contributed by atoms with Gasteiger partial charge in [0.2, 0.25) is 0 Å². The number of nitrogens with one attached hydrogen (secondary N) is 2. The first-order valence-corrected chi connectivity index (χ1v) is 8.91. The van der Waals surface area contributed by atoms with Crippen LogP contribution in [0.4, 0.5) is 13.2 Å². The first-order chi connectivity index (χ1) is 12.8. The van der Waals surface area contributed by atoms with Gasteiger partial charge in [0.25, 0.3) is 0 Å². The second kappa shape index (κ2) is 11.3. The summed E-state index contributed by atoms with van der Waals surface area (Å²) in [5.74, 6) is 0.676. The summed E-state index contributed by atoms with van der Waals surface area (Å²) in [5.41, 5.74) is 2.38. The number of rotatable bonds is 7. The van der Waals surface area contributed by atoms with Gasteiger partial charge in [-0.05, 0) is 50.5 Å². The van der Waals surface area contributed by atoms with Gasteiger partial charge >= 0.3 is 6.18 Å². The molecule has 0 saturated carbocycles. The van der Waals surface area contributed by atoms with Gasteiger partial charge in [0.1, 0.15) is 0 Å². The predicted molar refractivity (Wildman–Crippen MR) is 116 cm³/mol. The largest absolute Gasteiger partial charge is 0.416 e. The summed E-state index contributed by atoms with van der Waals surface area (Å²) in [6.45, 7) is 6.18. The molecule has 0 aliphatic carbocycles. The molecular weight excluding hydrogens is 482 g/mol. The molecule has 5 nitrogen and oxygen atoms in total. The zero-order valence-electron chi connectivity index (χ0n) is 16.3. The van der Waals surface area contributed by atoms with Crippen molar-refractivity contribution in [3.05, 3.63) is 52.8 Å².